The molecule has 1 saturated heterocycles. The van der Waals surface area contributed by atoms with Gasteiger partial charge >= 0.3 is 0 Å². The highest BCUT2D eigenvalue weighted by molar-refractivity contribution is 5.99. The second kappa shape index (κ2) is 7.89. The van der Waals surface area contributed by atoms with Crippen molar-refractivity contribution in [3.05, 3.63) is 39.9 Å². The van der Waals surface area contributed by atoms with E-state index >= 15 is 0 Å². The molecule has 1 aromatic heterocycles. The number of carbonyl (C=O) groups is 3. The normalized spacial score (nSPS) is 17.1. The molecule has 9 nitrogen and oxygen atoms in total. The largest absolute Gasteiger partial charge is 0.351 e. The molecule has 1 aliphatic heterocycles. The van der Waals surface area contributed by atoms with E-state index in [1.807, 2.05) is 0 Å². The molecule has 3 rings (SSSR count). The number of benzene rings is 1. The molecule has 2 heterocycles. The highest BCUT2D eigenvalue weighted by Gasteiger charge is 2.30. The van der Waals surface area contributed by atoms with Gasteiger partial charge in [0.25, 0.3) is 5.56 Å². The van der Waals surface area contributed by atoms with Gasteiger partial charge in [0.05, 0.1) is 17.4 Å². The lowest BCUT2D eigenvalue weighted by Gasteiger charge is -2.24. The average molecular weight is 385 g/mol. The molecule has 0 radical (unpaired) electrons. The Morgan fingerprint density at radius 1 is 1.32 bits per heavy atom. The molecule has 0 aliphatic carbocycles. The van der Waals surface area contributed by atoms with Gasteiger partial charge in [-0.1, -0.05) is 12.1 Å². The van der Waals surface area contributed by atoms with Gasteiger partial charge < -0.3 is 10.2 Å². The SMILES string of the molecule is Cc1nc2cccc(CNC(=O)CN(C)C)c2c(=O)n1C1CCC(=O)NC1=O. The van der Waals surface area contributed by atoms with E-state index in [-0.39, 0.29) is 43.3 Å². The number of nitrogens with zero attached hydrogens (tertiary/aromatic N) is 3. The van der Waals surface area contributed by atoms with Gasteiger partial charge in [-0.25, -0.2) is 4.98 Å². The van der Waals surface area contributed by atoms with Crippen LogP contribution in [-0.4, -0.2) is 52.8 Å². The lowest BCUT2D eigenvalue weighted by atomic mass is 10.0. The Kier molecular flexibility index (Phi) is 5.55. The third kappa shape index (κ3) is 3.94. The number of fused-ring (bicyclic) bond motifs is 1. The van der Waals surface area contributed by atoms with Gasteiger partial charge in [0.2, 0.25) is 17.7 Å². The molecule has 0 saturated carbocycles. The summed E-state index contributed by atoms with van der Waals surface area (Å²) >= 11 is 0. The first-order valence-corrected chi connectivity index (χ1v) is 9.03. The maximum atomic E-state index is 13.3. The Bertz CT molecular complexity index is 1010. The zero-order chi connectivity index (χ0) is 20.4. The van der Waals surface area contributed by atoms with Gasteiger partial charge in [-0.3, -0.25) is 29.1 Å². The van der Waals surface area contributed by atoms with Crippen molar-refractivity contribution >= 4 is 28.6 Å². The predicted octanol–water partition coefficient (Wildman–Crippen LogP) is -0.140. The van der Waals surface area contributed by atoms with Crippen LogP contribution in [-0.2, 0) is 20.9 Å². The fraction of sp³-hybridized carbons (Fsp3) is 0.421. The Morgan fingerprint density at radius 3 is 2.75 bits per heavy atom. The van der Waals surface area contributed by atoms with Gasteiger partial charge in [-0.2, -0.15) is 0 Å². The van der Waals surface area contributed by atoms with Gasteiger partial charge in [-0.15, -0.1) is 0 Å². The van der Waals surface area contributed by atoms with Crippen LogP contribution in [0, 0.1) is 6.92 Å². The van der Waals surface area contributed by atoms with Crippen LogP contribution in [0.15, 0.2) is 23.0 Å². The third-order valence-electron chi connectivity index (χ3n) is 4.65. The van der Waals surface area contributed by atoms with Crippen molar-refractivity contribution < 1.29 is 14.4 Å². The van der Waals surface area contributed by atoms with Gasteiger partial charge in [0, 0.05) is 13.0 Å². The van der Waals surface area contributed by atoms with Crippen LogP contribution >= 0.6 is 0 Å². The topological polar surface area (TPSA) is 113 Å². The Hall–Kier alpha value is -3.07. The number of likely N-dealkylation sites (N-methyl/N-ethyl adjacent to an activating group) is 1. The summed E-state index contributed by atoms with van der Waals surface area (Å²) in [5.74, 6) is -0.599. The van der Waals surface area contributed by atoms with E-state index in [1.54, 1.807) is 44.1 Å². The van der Waals surface area contributed by atoms with Crippen molar-refractivity contribution in [2.24, 2.45) is 0 Å². The van der Waals surface area contributed by atoms with Crippen LogP contribution in [0.4, 0.5) is 0 Å². The Balaban J connectivity index is 2.01. The van der Waals surface area contributed by atoms with E-state index in [2.05, 4.69) is 15.6 Å². The number of carbonyl (C=O) groups excluding carboxylic acids is 3. The van der Waals surface area contributed by atoms with E-state index in [0.29, 0.717) is 22.3 Å². The summed E-state index contributed by atoms with van der Waals surface area (Å²) in [6, 6.07) is 4.48. The minimum absolute atomic E-state index is 0.160. The van der Waals surface area contributed by atoms with Gasteiger partial charge in [-0.05, 0) is 39.1 Å². The second-order valence-electron chi connectivity index (χ2n) is 7.13. The molecule has 2 N–H and O–H groups in total. The van der Waals surface area contributed by atoms with E-state index in [4.69, 9.17) is 0 Å². The molecule has 148 valence electrons. The second-order valence-corrected chi connectivity index (χ2v) is 7.13. The maximum Gasteiger partial charge on any atom is 0.262 e. The summed E-state index contributed by atoms with van der Waals surface area (Å²) in [4.78, 5) is 55.1. The molecule has 9 heteroatoms. The van der Waals surface area contributed by atoms with Crippen molar-refractivity contribution in [2.45, 2.75) is 32.4 Å². The number of imide groups is 1. The molecule has 3 amide bonds. The van der Waals surface area contributed by atoms with Crippen LogP contribution in [0.3, 0.4) is 0 Å². The number of piperidine rings is 1. The minimum atomic E-state index is -0.779. The summed E-state index contributed by atoms with van der Waals surface area (Å²) < 4.78 is 1.34. The van der Waals surface area contributed by atoms with Crippen LogP contribution in [0.2, 0.25) is 0 Å². The molecule has 28 heavy (non-hydrogen) atoms. The molecule has 0 bridgehead atoms. The van der Waals surface area contributed by atoms with Crippen molar-refractivity contribution in [1.82, 2.24) is 25.1 Å². The molecule has 1 fully saturated rings. The average Bonchev–Trinajstić information content (AvgIpc) is 2.60. The lowest BCUT2D eigenvalue weighted by molar-refractivity contribution is -0.135. The van der Waals surface area contributed by atoms with Crippen LogP contribution in [0.5, 0.6) is 0 Å². The summed E-state index contributed by atoms with van der Waals surface area (Å²) in [5.41, 5.74) is 0.781. The van der Waals surface area contributed by atoms with Gasteiger partial charge in [0.15, 0.2) is 0 Å². The van der Waals surface area contributed by atoms with E-state index in [1.165, 1.54) is 4.57 Å². The fourth-order valence-electron chi connectivity index (χ4n) is 3.40. The zero-order valence-corrected chi connectivity index (χ0v) is 16.1. The number of amides is 3. The summed E-state index contributed by atoms with van der Waals surface area (Å²) in [7, 11) is 3.59. The zero-order valence-electron chi connectivity index (χ0n) is 16.1. The minimum Gasteiger partial charge on any atom is -0.351 e. The van der Waals surface area contributed by atoms with Gasteiger partial charge in [0.1, 0.15) is 11.9 Å². The Morgan fingerprint density at radius 2 is 2.07 bits per heavy atom. The first-order chi connectivity index (χ1) is 13.3. The summed E-state index contributed by atoms with van der Waals surface area (Å²) in [6.07, 6.45) is 0.420. The van der Waals surface area contributed by atoms with Crippen molar-refractivity contribution in [3.63, 3.8) is 0 Å². The van der Waals surface area contributed by atoms with Crippen LogP contribution in [0.25, 0.3) is 10.9 Å². The lowest BCUT2D eigenvalue weighted by Crippen LogP contribution is -2.45. The van der Waals surface area contributed by atoms with E-state index in [9.17, 15) is 19.2 Å². The summed E-state index contributed by atoms with van der Waals surface area (Å²) in [6.45, 7) is 2.08. The smallest absolute Gasteiger partial charge is 0.262 e. The number of rotatable bonds is 5. The molecule has 1 aliphatic rings. The van der Waals surface area contributed by atoms with Crippen molar-refractivity contribution in [3.8, 4) is 0 Å². The monoisotopic (exact) mass is 385 g/mol. The molecule has 1 atom stereocenters. The molecule has 2 aromatic rings. The molecular weight excluding hydrogens is 362 g/mol. The molecule has 0 spiro atoms. The molecule has 1 aromatic carbocycles. The number of nitrogens with one attached hydrogen (secondary N) is 2. The fourth-order valence-corrected chi connectivity index (χ4v) is 3.40. The Labute approximate surface area is 161 Å². The first kappa shape index (κ1) is 19.7. The number of hydrogen-bond acceptors (Lipinski definition) is 6. The standard InChI is InChI=1S/C19H23N5O4/c1-11-21-13-6-4-5-12(9-20-16(26)10-23(2)3)17(13)19(28)24(11)14-7-8-15(25)22-18(14)27/h4-6,14H,7-10H2,1-3H3,(H,20,26)(H,22,25,27). The highest BCUT2D eigenvalue weighted by Crippen LogP contribution is 2.21. The quantitative estimate of drug-likeness (QED) is 0.693. The van der Waals surface area contributed by atoms with E-state index < -0.39 is 11.9 Å². The molecule has 1 unspecified atom stereocenters. The van der Waals surface area contributed by atoms with E-state index in [0.717, 1.165) is 0 Å². The molecular formula is C19H23N5O4. The number of hydrogen-bond donors (Lipinski definition) is 2. The predicted molar refractivity (Wildman–Crippen MR) is 103 cm³/mol. The van der Waals surface area contributed by atoms with Crippen molar-refractivity contribution in [2.75, 3.05) is 20.6 Å². The number of aromatic nitrogens is 2. The number of aryl methyl sites for hydroxylation is 1. The van der Waals surface area contributed by atoms with Crippen LogP contribution in [0.1, 0.15) is 30.3 Å². The first-order valence-electron chi connectivity index (χ1n) is 9.03. The summed E-state index contributed by atoms with van der Waals surface area (Å²) in [5, 5.41) is 5.44. The highest BCUT2D eigenvalue weighted by atomic mass is 16.2. The van der Waals surface area contributed by atoms with Crippen molar-refractivity contribution in [1.29, 1.82) is 0 Å². The van der Waals surface area contributed by atoms with Crippen LogP contribution < -0.4 is 16.2 Å². The maximum absolute atomic E-state index is 13.3. The third-order valence-corrected chi connectivity index (χ3v) is 4.65.